The van der Waals surface area contributed by atoms with Gasteiger partial charge in [0.15, 0.2) is 34.8 Å². The lowest BCUT2D eigenvalue weighted by Crippen LogP contribution is -2.27. The molecule has 0 bridgehead atoms. The predicted octanol–water partition coefficient (Wildman–Crippen LogP) is 10.7. The molecule has 2 fully saturated rings. The molecule has 5 rings (SSSR count). The van der Waals surface area contributed by atoms with E-state index in [0.717, 1.165) is 51.4 Å². The summed E-state index contributed by atoms with van der Waals surface area (Å²) in [5, 5.41) is 0. The Labute approximate surface area is 255 Å². The minimum atomic E-state index is -1.27. The highest BCUT2D eigenvalue weighted by Gasteiger charge is 2.33. The number of ether oxygens (including phenoxy) is 2. The summed E-state index contributed by atoms with van der Waals surface area (Å²) < 4.78 is 99.0. The van der Waals surface area contributed by atoms with E-state index in [-0.39, 0.29) is 53.2 Å². The second-order valence-corrected chi connectivity index (χ2v) is 12.3. The molecule has 44 heavy (non-hydrogen) atoms. The van der Waals surface area contributed by atoms with Gasteiger partial charge in [-0.25, -0.2) is 17.6 Å². The lowest BCUT2D eigenvalue weighted by molar-refractivity contribution is 0.129. The van der Waals surface area contributed by atoms with Crippen molar-refractivity contribution in [3.63, 3.8) is 0 Å². The van der Waals surface area contributed by atoms with Crippen molar-refractivity contribution in [2.45, 2.75) is 84.0 Å². The van der Waals surface area contributed by atoms with Crippen LogP contribution in [-0.4, -0.2) is 13.2 Å². The van der Waals surface area contributed by atoms with E-state index in [1.807, 2.05) is 6.92 Å². The van der Waals surface area contributed by atoms with Gasteiger partial charge < -0.3 is 9.47 Å². The van der Waals surface area contributed by atoms with E-state index in [9.17, 15) is 26.3 Å². The number of rotatable bonds is 10. The molecule has 0 heterocycles. The van der Waals surface area contributed by atoms with Gasteiger partial charge in [-0.1, -0.05) is 31.5 Å². The van der Waals surface area contributed by atoms with Crippen LogP contribution in [0.5, 0.6) is 11.5 Å². The maximum Gasteiger partial charge on any atom is 0.201 e. The summed E-state index contributed by atoms with van der Waals surface area (Å²) in [4.78, 5) is 0. The fourth-order valence-electron chi connectivity index (χ4n) is 7.18. The van der Waals surface area contributed by atoms with Gasteiger partial charge in [-0.15, -0.1) is 0 Å². The molecule has 0 N–H and O–H groups in total. The Balaban J connectivity index is 1.12. The zero-order valence-electron chi connectivity index (χ0n) is 25.3. The third-order valence-electron chi connectivity index (χ3n) is 9.64. The number of benzene rings is 3. The van der Waals surface area contributed by atoms with Gasteiger partial charge in [0.2, 0.25) is 11.6 Å². The summed E-state index contributed by atoms with van der Waals surface area (Å²) in [6, 6.07) is 8.37. The van der Waals surface area contributed by atoms with E-state index in [1.165, 1.54) is 30.3 Å². The van der Waals surface area contributed by atoms with Crippen LogP contribution in [0.1, 0.15) is 88.7 Å². The van der Waals surface area contributed by atoms with Crippen LogP contribution in [0, 0.1) is 52.7 Å². The molecule has 0 saturated heterocycles. The molecule has 2 aliphatic carbocycles. The van der Waals surface area contributed by atoms with Crippen LogP contribution in [0.15, 0.2) is 36.4 Å². The molecule has 2 aliphatic rings. The third kappa shape index (κ3) is 6.74. The molecule has 238 valence electrons. The second kappa shape index (κ2) is 14.3. The Hall–Kier alpha value is -3.16. The summed E-state index contributed by atoms with van der Waals surface area (Å²) in [6.45, 7) is 4.09. The summed E-state index contributed by atoms with van der Waals surface area (Å²) >= 11 is 0. The molecule has 0 unspecified atom stereocenters. The normalized spacial score (nSPS) is 22.2. The van der Waals surface area contributed by atoms with E-state index >= 15 is 0 Å². The van der Waals surface area contributed by atoms with Gasteiger partial charge >= 0.3 is 0 Å². The van der Waals surface area contributed by atoms with Gasteiger partial charge in [-0.2, -0.15) is 8.78 Å². The SMILES string of the molecule is CCCc1ccc(-c2ccc(OCC3CCC(C4CCC(c5ccc(OCC)c(F)c5F)CC4)CC3)c(F)c2F)c(F)c1F. The van der Waals surface area contributed by atoms with Crippen molar-refractivity contribution in [2.24, 2.45) is 17.8 Å². The van der Waals surface area contributed by atoms with Crippen molar-refractivity contribution in [3.8, 4) is 22.6 Å². The molecule has 0 radical (unpaired) electrons. The average Bonchev–Trinajstić information content (AvgIpc) is 3.04. The minimum absolute atomic E-state index is 0.00113. The highest BCUT2D eigenvalue weighted by molar-refractivity contribution is 5.66. The van der Waals surface area contributed by atoms with Gasteiger partial charge in [0.25, 0.3) is 0 Å². The largest absolute Gasteiger partial charge is 0.491 e. The van der Waals surface area contributed by atoms with Crippen molar-refractivity contribution in [1.29, 1.82) is 0 Å². The van der Waals surface area contributed by atoms with E-state index in [0.29, 0.717) is 30.2 Å². The molecule has 3 aromatic rings. The zero-order valence-corrected chi connectivity index (χ0v) is 25.3. The molecule has 2 saturated carbocycles. The Morgan fingerprint density at radius 3 is 1.75 bits per heavy atom. The van der Waals surface area contributed by atoms with E-state index in [2.05, 4.69) is 0 Å². The van der Waals surface area contributed by atoms with Crippen LogP contribution in [-0.2, 0) is 6.42 Å². The van der Waals surface area contributed by atoms with Crippen LogP contribution >= 0.6 is 0 Å². The third-order valence-corrected chi connectivity index (χ3v) is 9.64. The number of hydrogen-bond donors (Lipinski definition) is 0. The van der Waals surface area contributed by atoms with Gasteiger partial charge in [0.05, 0.1) is 13.2 Å². The quantitative estimate of drug-likeness (QED) is 0.211. The molecule has 2 nitrogen and oxygen atoms in total. The van der Waals surface area contributed by atoms with Crippen molar-refractivity contribution in [3.05, 3.63) is 82.4 Å². The van der Waals surface area contributed by atoms with Crippen LogP contribution in [0.3, 0.4) is 0 Å². The predicted molar refractivity (Wildman–Crippen MR) is 159 cm³/mol. The topological polar surface area (TPSA) is 18.5 Å². The molecular formula is C36H40F6O2. The zero-order chi connectivity index (χ0) is 31.4. The average molecular weight is 619 g/mol. The van der Waals surface area contributed by atoms with Crippen LogP contribution in [0.2, 0.25) is 0 Å². The Morgan fingerprint density at radius 1 is 0.568 bits per heavy atom. The van der Waals surface area contributed by atoms with Crippen molar-refractivity contribution >= 4 is 0 Å². The highest BCUT2D eigenvalue weighted by Crippen LogP contribution is 2.45. The maximum atomic E-state index is 15.0. The smallest absolute Gasteiger partial charge is 0.201 e. The van der Waals surface area contributed by atoms with Gasteiger partial charge in [0.1, 0.15) is 0 Å². The minimum Gasteiger partial charge on any atom is -0.491 e. The first-order chi connectivity index (χ1) is 21.2. The fraction of sp³-hybridized carbons (Fsp3) is 0.500. The molecule has 0 aromatic heterocycles. The summed E-state index contributed by atoms with van der Waals surface area (Å²) in [6.07, 6.45) is 8.36. The van der Waals surface area contributed by atoms with Gasteiger partial charge in [-0.3, -0.25) is 0 Å². The first-order valence-corrected chi connectivity index (χ1v) is 15.9. The molecule has 0 aliphatic heterocycles. The lowest BCUT2D eigenvalue weighted by atomic mass is 9.68. The first kappa shape index (κ1) is 32.2. The van der Waals surface area contributed by atoms with Crippen LogP contribution in [0.4, 0.5) is 26.3 Å². The van der Waals surface area contributed by atoms with E-state index < -0.39 is 34.9 Å². The monoisotopic (exact) mass is 618 g/mol. The first-order valence-electron chi connectivity index (χ1n) is 15.9. The summed E-state index contributed by atoms with van der Waals surface area (Å²) in [7, 11) is 0. The van der Waals surface area contributed by atoms with E-state index in [4.69, 9.17) is 9.47 Å². The van der Waals surface area contributed by atoms with E-state index in [1.54, 1.807) is 13.0 Å². The summed E-state index contributed by atoms with van der Waals surface area (Å²) in [5.74, 6) is -5.44. The standard InChI is InChI=1S/C36H40F6O2/c1-3-5-25-14-15-27(33(39)31(25)37)28-17-19-30(36(42)34(28)40)44-20-21-6-8-22(9-7-21)23-10-12-24(13-11-23)26-16-18-29(43-4-2)35(41)32(26)38/h14-19,21-24H,3-13,20H2,1-2H3. The number of aryl methyl sites for hydroxylation is 1. The van der Waals surface area contributed by atoms with Crippen molar-refractivity contribution in [2.75, 3.05) is 13.2 Å². The highest BCUT2D eigenvalue weighted by atomic mass is 19.2. The lowest BCUT2D eigenvalue weighted by Gasteiger charge is -2.38. The van der Waals surface area contributed by atoms with Gasteiger partial charge in [-0.05, 0) is 118 Å². The van der Waals surface area contributed by atoms with Crippen molar-refractivity contribution in [1.82, 2.24) is 0 Å². The Bertz CT molecular complexity index is 1440. The summed E-state index contributed by atoms with van der Waals surface area (Å²) in [5.41, 5.74) is -0.0357. The maximum absolute atomic E-state index is 15.0. The van der Waals surface area contributed by atoms with Crippen LogP contribution < -0.4 is 9.47 Å². The Kier molecular flexibility index (Phi) is 10.5. The molecule has 3 aromatic carbocycles. The fourth-order valence-corrected chi connectivity index (χ4v) is 7.18. The van der Waals surface area contributed by atoms with Crippen LogP contribution in [0.25, 0.3) is 11.1 Å². The number of hydrogen-bond acceptors (Lipinski definition) is 2. The molecule has 0 atom stereocenters. The molecule has 8 heteroatoms. The number of halogens is 6. The van der Waals surface area contributed by atoms with Gasteiger partial charge in [0, 0.05) is 11.1 Å². The second-order valence-electron chi connectivity index (χ2n) is 12.3. The molecule has 0 amide bonds. The van der Waals surface area contributed by atoms with Crippen molar-refractivity contribution < 1.29 is 35.8 Å². The Morgan fingerprint density at radius 2 is 1.11 bits per heavy atom. The molecule has 0 spiro atoms. The molecular weight excluding hydrogens is 578 g/mol.